The quantitative estimate of drug-likeness (QED) is 0.240. The maximum Gasteiger partial charge on any atom is 0.265 e. The van der Waals surface area contributed by atoms with Gasteiger partial charge in [0.15, 0.2) is 5.13 Å². The number of thiazole rings is 1. The van der Waals surface area contributed by atoms with Crippen molar-refractivity contribution < 1.29 is 9.59 Å². The van der Waals surface area contributed by atoms with E-state index < -0.39 is 0 Å². The normalized spacial score (nSPS) is 11.7. The standard InChI is InChI=1S/C23H17Cl2N3O2S3/c1-13(33-16-7-5-15(6-8-16)26-22(30)20-3-2-10-31-20)21(29)28-23-27-19(12-32-23)14-4-9-17(24)18(25)11-14/h2-13H,1H3,(H,26,30)(H,27,28,29). The van der Waals surface area contributed by atoms with E-state index in [0.717, 1.165) is 10.5 Å². The molecule has 10 heteroatoms. The van der Waals surface area contributed by atoms with E-state index in [9.17, 15) is 9.59 Å². The van der Waals surface area contributed by atoms with Crippen LogP contribution in [0.4, 0.5) is 10.8 Å². The minimum atomic E-state index is -0.339. The van der Waals surface area contributed by atoms with Crippen molar-refractivity contribution in [2.75, 3.05) is 10.6 Å². The number of benzene rings is 2. The van der Waals surface area contributed by atoms with Crippen molar-refractivity contribution in [3.05, 3.63) is 80.3 Å². The number of halogens is 2. The number of rotatable bonds is 7. The van der Waals surface area contributed by atoms with Crippen LogP contribution in [0.3, 0.4) is 0 Å². The highest BCUT2D eigenvalue weighted by Crippen LogP contribution is 2.31. The molecule has 0 saturated heterocycles. The first-order valence-corrected chi connectivity index (χ1v) is 13.1. The number of thiophene rings is 1. The van der Waals surface area contributed by atoms with E-state index in [1.165, 1.54) is 34.4 Å². The summed E-state index contributed by atoms with van der Waals surface area (Å²) in [5, 5.41) is 10.6. The molecular formula is C23H17Cl2N3O2S3. The molecule has 0 spiro atoms. The molecule has 0 radical (unpaired) electrons. The molecule has 0 aliphatic heterocycles. The van der Waals surface area contributed by atoms with Crippen LogP contribution in [0.15, 0.2) is 70.3 Å². The summed E-state index contributed by atoms with van der Waals surface area (Å²) in [5.41, 5.74) is 2.25. The minimum Gasteiger partial charge on any atom is -0.321 e. The lowest BCUT2D eigenvalue weighted by Gasteiger charge is -2.11. The second kappa shape index (κ2) is 10.7. The first kappa shape index (κ1) is 23.8. The zero-order valence-corrected chi connectivity index (χ0v) is 21.1. The van der Waals surface area contributed by atoms with E-state index in [1.54, 1.807) is 18.2 Å². The van der Waals surface area contributed by atoms with Crippen LogP contribution in [0, 0.1) is 0 Å². The van der Waals surface area contributed by atoms with Crippen LogP contribution in [0.1, 0.15) is 16.6 Å². The Balaban J connectivity index is 1.33. The molecule has 2 aromatic heterocycles. The Morgan fingerprint density at radius 3 is 2.48 bits per heavy atom. The molecule has 168 valence electrons. The summed E-state index contributed by atoms with van der Waals surface area (Å²) in [6, 6.07) is 16.3. The number of hydrogen-bond donors (Lipinski definition) is 2. The van der Waals surface area contributed by atoms with Gasteiger partial charge < -0.3 is 10.6 Å². The predicted molar refractivity (Wildman–Crippen MR) is 140 cm³/mol. The van der Waals surface area contributed by atoms with Crippen LogP contribution in [0.2, 0.25) is 10.0 Å². The van der Waals surface area contributed by atoms with Crippen molar-refractivity contribution in [2.45, 2.75) is 17.1 Å². The third-order valence-corrected chi connectivity index (χ3v) is 7.97. The maximum atomic E-state index is 12.6. The summed E-state index contributed by atoms with van der Waals surface area (Å²) in [7, 11) is 0. The first-order valence-electron chi connectivity index (χ1n) is 9.72. The van der Waals surface area contributed by atoms with Crippen LogP contribution in [0.5, 0.6) is 0 Å². The van der Waals surface area contributed by atoms with Crippen molar-refractivity contribution in [1.82, 2.24) is 4.98 Å². The van der Waals surface area contributed by atoms with Crippen LogP contribution in [-0.4, -0.2) is 22.0 Å². The Hall–Kier alpha value is -2.36. The SMILES string of the molecule is CC(Sc1ccc(NC(=O)c2cccs2)cc1)C(=O)Nc1nc(-c2ccc(Cl)c(Cl)c2)cs1. The van der Waals surface area contributed by atoms with Crippen LogP contribution < -0.4 is 10.6 Å². The Kier molecular flexibility index (Phi) is 7.72. The second-order valence-electron chi connectivity index (χ2n) is 6.87. The number of anilines is 2. The number of hydrogen-bond acceptors (Lipinski definition) is 6. The van der Waals surface area contributed by atoms with Gasteiger partial charge in [-0.25, -0.2) is 4.98 Å². The summed E-state index contributed by atoms with van der Waals surface area (Å²) in [6.45, 7) is 1.83. The molecule has 0 bridgehead atoms. The molecule has 2 heterocycles. The highest BCUT2D eigenvalue weighted by atomic mass is 35.5. The molecule has 0 aliphatic rings. The van der Waals surface area contributed by atoms with E-state index in [0.29, 0.717) is 31.4 Å². The number of amides is 2. The molecule has 1 atom stereocenters. The van der Waals surface area contributed by atoms with Gasteiger partial charge in [0.1, 0.15) is 0 Å². The summed E-state index contributed by atoms with van der Waals surface area (Å²) in [5.74, 6) is -0.285. The fraction of sp³-hybridized carbons (Fsp3) is 0.0870. The fourth-order valence-electron chi connectivity index (χ4n) is 2.80. The summed E-state index contributed by atoms with van der Waals surface area (Å²) < 4.78 is 0. The molecule has 2 aromatic carbocycles. The van der Waals surface area contributed by atoms with Gasteiger partial charge in [0.2, 0.25) is 5.91 Å². The van der Waals surface area contributed by atoms with Gasteiger partial charge in [0.05, 0.1) is 25.9 Å². The molecule has 4 aromatic rings. The molecule has 0 saturated carbocycles. The zero-order valence-electron chi connectivity index (χ0n) is 17.2. The van der Waals surface area contributed by atoms with Gasteiger partial charge in [-0.1, -0.05) is 35.3 Å². The lowest BCUT2D eigenvalue weighted by Crippen LogP contribution is -2.22. The molecule has 33 heavy (non-hydrogen) atoms. The fourth-order valence-corrected chi connectivity index (χ4v) is 5.31. The number of carbonyl (C=O) groups excluding carboxylic acids is 2. The van der Waals surface area contributed by atoms with E-state index >= 15 is 0 Å². The summed E-state index contributed by atoms with van der Waals surface area (Å²) in [4.78, 5) is 30.8. The second-order valence-corrected chi connectivity index (χ2v) is 10.9. The Labute approximate surface area is 213 Å². The molecule has 0 aliphatic carbocycles. The molecule has 2 amide bonds. The first-order chi connectivity index (χ1) is 15.9. The van der Waals surface area contributed by atoms with Gasteiger partial charge in [-0.05, 0) is 54.8 Å². The van der Waals surface area contributed by atoms with Gasteiger partial charge in [0.25, 0.3) is 5.91 Å². The molecule has 1 unspecified atom stereocenters. The van der Waals surface area contributed by atoms with Gasteiger partial charge in [0, 0.05) is 21.5 Å². The Morgan fingerprint density at radius 2 is 1.79 bits per heavy atom. The van der Waals surface area contributed by atoms with Crippen LogP contribution in [-0.2, 0) is 4.79 Å². The van der Waals surface area contributed by atoms with Crippen molar-refractivity contribution in [3.63, 3.8) is 0 Å². The minimum absolute atomic E-state index is 0.137. The van der Waals surface area contributed by atoms with Crippen molar-refractivity contribution in [3.8, 4) is 11.3 Å². The van der Waals surface area contributed by atoms with E-state index in [4.69, 9.17) is 23.2 Å². The van der Waals surface area contributed by atoms with Gasteiger partial charge in [-0.3, -0.25) is 9.59 Å². The van der Waals surface area contributed by atoms with Gasteiger partial charge in [-0.2, -0.15) is 0 Å². The summed E-state index contributed by atoms with van der Waals surface area (Å²) >= 11 is 16.2. The van der Waals surface area contributed by atoms with Gasteiger partial charge >= 0.3 is 0 Å². The monoisotopic (exact) mass is 533 g/mol. The lowest BCUT2D eigenvalue weighted by molar-refractivity contribution is -0.115. The predicted octanol–water partition coefficient (Wildman–Crippen LogP) is 7.55. The zero-order chi connectivity index (χ0) is 23.4. The maximum absolute atomic E-state index is 12.6. The Bertz CT molecular complexity index is 1270. The Morgan fingerprint density at radius 1 is 1.00 bits per heavy atom. The number of aromatic nitrogens is 1. The summed E-state index contributed by atoms with van der Waals surface area (Å²) in [6.07, 6.45) is 0. The molecular weight excluding hydrogens is 517 g/mol. The highest BCUT2D eigenvalue weighted by molar-refractivity contribution is 8.00. The van der Waals surface area contributed by atoms with E-state index in [2.05, 4.69) is 15.6 Å². The van der Waals surface area contributed by atoms with Gasteiger partial charge in [-0.15, -0.1) is 34.4 Å². The molecule has 5 nitrogen and oxygen atoms in total. The number of thioether (sulfide) groups is 1. The van der Waals surface area contributed by atoms with E-state index in [1.807, 2.05) is 54.1 Å². The van der Waals surface area contributed by atoms with E-state index in [-0.39, 0.29) is 17.1 Å². The largest absolute Gasteiger partial charge is 0.321 e. The third-order valence-electron chi connectivity index (χ3n) is 4.49. The van der Waals surface area contributed by atoms with Crippen LogP contribution >= 0.6 is 57.6 Å². The van der Waals surface area contributed by atoms with Crippen molar-refractivity contribution in [1.29, 1.82) is 0 Å². The number of nitrogens with one attached hydrogen (secondary N) is 2. The van der Waals surface area contributed by atoms with Crippen LogP contribution in [0.25, 0.3) is 11.3 Å². The molecule has 4 rings (SSSR count). The lowest BCUT2D eigenvalue weighted by atomic mass is 10.2. The van der Waals surface area contributed by atoms with Crippen molar-refractivity contribution in [2.24, 2.45) is 0 Å². The molecule has 2 N–H and O–H groups in total. The highest BCUT2D eigenvalue weighted by Gasteiger charge is 2.17. The average Bonchev–Trinajstić information content (AvgIpc) is 3.49. The topological polar surface area (TPSA) is 71.1 Å². The third kappa shape index (κ3) is 6.16. The number of nitrogens with zero attached hydrogens (tertiary/aromatic N) is 1. The van der Waals surface area contributed by atoms with Crippen molar-refractivity contribution >= 4 is 80.3 Å². The smallest absolute Gasteiger partial charge is 0.265 e. The molecule has 0 fully saturated rings. The number of carbonyl (C=O) groups is 2. The average molecular weight is 535 g/mol.